The van der Waals surface area contributed by atoms with Crippen molar-refractivity contribution in [1.82, 2.24) is 0 Å². The molecule has 0 saturated carbocycles. The summed E-state index contributed by atoms with van der Waals surface area (Å²) >= 11 is 0. The molecule has 0 saturated heterocycles. The van der Waals surface area contributed by atoms with Crippen LogP contribution in [0, 0.1) is 0 Å². The molecule has 11 aromatic carbocycles. The summed E-state index contributed by atoms with van der Waals surface area (Å²) in [4.78, 5) is 2.40. The minimum absolute atomic E-state index is 0.902. The normalized spacial score (nSPS) is 11.5. The van der Waals surface area contributed by atoms with E-state index in [0.717, 1.165) is 61.3 Å². The molecule has 0 aliphatic carbocycles. The average molecular weight is 790 g/mol. The van der Waals surface area contributed by atoms with Gasteiger partial charge in [-0.2, -0.15) is 0 Å². The van der Waals surface area contributed by atoms with Gasteiger partial charge in [0.15, 0.2) is 0 Å². The van der Waals surface area contributed by atoms with Gasteiger partial charge in [0.1, 0.15) is 11.2 Å². The van der Waals surface area contributed by atoms with Crippen LogP contribution in [0.15, 0.2) is 241 Å². The Bertz CT molecular complexity index is 3630. The van der Waals surface area contributed by atoms with Crippen LogP contribution in [0.3, 0.4) is 0 Å². The first-order valence-corrected chi connectivity index (χ1v) is 21.2. The van der Waals surface area contributed by atoms with Crippen molar-refractivity contribution in [2.75, 3.05) is 4.90 Å². The van der Waals surface area contributed by atoms with Crippen molar-refractivity contribution in [3.05, 3.63) is 237 Å². The van der Waals surface area contributed by atoms with Gasteiger partial charge in [0.2, 0.25) is 0 Å². The van der Waals surface area contributed by atoms with E-state index >= 15 is 0 Å². The zero-order valence-corrected chi connectivity index (χ0v) is 33.9. The van der Waals surface area contributed by atoms with E-state index in [2.05, 4.69) is 229 Å². The monoisotopic (exact) mass is 789 g/mol. The minimum Gasteiger partial charge on any atom is -0.456 e. The Balaban J connectivity index is 0.991. The fourth-order valence-corrected chi connectivity index (χ4v) is 9.46. The molecule has 0 aliphatic heterocycles. The molecule has 0 fully saturated rings. The van der Waals surface area contributed by atoms with Gasteiger partial charge in [0.25, 0.3) is 0 Å². The highest BCUT2D eigenvalue weighted by Crippen LogP contribution is 2.44. The number of fused-ring (bicyclic) bond motifs is 7. The highest BCUT2D eigenvalue weighted by molar-refractivity contribution is 6.14. The predicted octanol–water partition coefficient (Wildman–Crippen LogP) is 17.2. The number of benzene rings is 11. The quantitative estimate of drug-likeness (QED) is 0.150. The van der Waals surface area contributed by atoms with Crippen LogP contribution in [0.1, 0.15) is 0 Å². The third-order valence-electron chi connectivity index (χ3n) is 12.5. The van der Waals surface area contributed by atoms with Gasteiger partial charge in [0.05, 0.1) is 5.69 Å². The van der Waals surface area contributed by atoms with Crippen molar-refractivity contribution >= 4 is 71.3 Å². The van der Waals surface area contributed by atoms with Crippen molar-refractivity contribution in [3.8, 4) is 44.5 Å². The van der Waals surface area contributed by atoms with Gasteiger partial charge in [-0.3, -0.25) is 0 Å². The van der Waals surface area contributed by atoms with E-state index in [1.54, 1.807) is 0 Å². The zero-order valence-electron chi connectivity index (χ0n) is 33.9. The lowest BCUT2D eigenvalue weighted by atomic mass is 9.93. The molecular formula is C60H39NO. The smallest absolute Gasteiger partial charge is 0.135 e. The van der Waals surface area contributed by atoms with Crippen LogP contribution < -0.4 is 4.90 Å². The summed E-state index contributed by atoms with van der Waals surface area (Å²) in [7, 11) is 0. The number of para-hydroxylation sites is 2. The first-order valence-electron chi connectivity index (χ1n) is 21.2. The van der Waals surface area contributed by atoms with E-state index in [1.807, 2.05) is 12.1 Å². The van der Waals surface area contributed by atoms with E-state index < -0.39 is 0 Å². The minimum atomic E-state index is 0.902. The third kappa shape index (κ3) is 6.12. The molecule has 0 aliphatic rings. The van der Waals surface area contributed by atoms with Crippen molar-refractivity contribution in [1.29, 1.82) is 0 Å². The van der Waals surface area contributed by atoms with Gasteiger partial charge in [-0.1, -0.05) is 176 Å². The second-order valence-corrected chi connectivity index (χ2v) is 16.1. The molecule has 0 atom stereocenters. The maximum atomic E-state index is 6.16. The molecule has 1 heterocycles. The number of hydrogen-bond donors (Lipinski definition) is 0. The van der Waals surface area contributed by atoms with Gasteiger partial charge in [-0.05, 0) is 132 Å². The van der Waals surface area contributed by atoms with Crippen LogP contribution >= 0.6 is 0 Å². The van der Waals surface area contributed by atoms with Crippen LogP contribution in [0.5, 0.6) is 0 Å². The fraction of sp³-hybridized carbons (Fsp3) is 0. The Hall–Kier alpha value is -8.20. The number of nitrogens with zero attached hydrogens (tertiary/aromatic N) is 1. The Morgan fingerprint density at radius 1 is 0.258 bits per heavy atom. The van der Waals surface area contributed by atoms with Gasteiger partial charge in [-0.25, -0.2) is 0 Å². The van der Waals surface area contributed by atoms with E-state index in [0.29, 0.717) is 0 Å². The lowest BCUT2D eigenvalue weighted by Gasteiger charge is -2.28. The van der Waals surface area contributed by atoms with Crippen molar-refractivity contribution in [2.45, 2.75) is 0 Å². The van der Waals surface area contributed by atoms with Gasteiger partial charge >= 0.3 is 0 Å². The molecule has 62 heavy (non-hydrogen) atoms. The fourth-order valence-electron chi connectivity index (χ4n) is 9.46. The Kier molecular flexibility index (Phi) is 8.53. The number of rotatable bonds is 7. The summed E-state index contributed by atoms with van der Waals surface area (Å²) in [5.41, 5.74) is 14.5. The molecule has 290 valence electrons. The first-order chi connectivity index (χ1) is 30.7. The molecule has 12 aromatic rings. The molecule has 0 amide bonds. The second kappa shape index (κ2) is 14.8. The SMILES string of the molecule is c1cc(-c2ccccc2N(c2ccc(-c3ccc4oc5ccccc5c4c3)cc2)c2ccc(-c3cc4ccccc4c4ccccc34)cc2)cc(-c2cccc3ccccc23)c1. The molecule has 0 spiro atoms. The Labute approximate surface area is 360 Å². The number of anilines is 3. The van der Waals surface area contributed by atoms with E-state index in [1.165, 1.54) is 54.6 Å². The zero-order chi connectivity index (χ0) is 41.0. The highest BCUT2D eigenvalue weighted by Gasteiger charge is 2.19. The Morgan fingerprint density at radius 2 is 0.806 bits per heavy atom. The maximum Gasteiger partial charge on any atom is 0.135 e. The van der Waals surface area contributed by atoms with Crippen molar-refractivity contribution < 1.29 is 4.42 Å². The molecule has 0 unspecified atom stereocenters. The molecule has 1 aromatic heterocycles. The predicted molar refractivity (Wildman–Crippen MR) is 263 cm³/mol. The largest absolute Gasteiger partial charge is 0.456 e. The lowest BCUT2D eigenvalue weighted by Crippen LogP contribution is -2.11. The van der Waals surface area contributed by atoms with Crippen LogP contribution in [0.25, 0.3) is 98.8 Å². The van der Waals surface area contributed by atoms with Gasteiger partial charge in [-0.15, -0.1) is 0 Å². The van der Waals surface area contributed by atoms with Gasteiger partial charge in [0, 0.05) is 27.7 Å². The molecule has 2 nitrogen and oxygen atoms in total. The van der Waals surface area contributed by atoms with E-state index in [-0.39, 0.29) is 0 Å². The average Bonchev–Trinajstić information content (AvgIpc) is 3.72. The summed E-state index contributed by atoms with van der Waals surface area (Å²) in [5.74, 6) is 0. The summed E-state index contributed by atoms with van der Waals surface area (Å²) in [6.07, 6.45) is 0. The summed E-state index contributed by atoms with van der Waals surface area (Å²) in [6.45, 7) is 0. The summed E-state index contributed by atoms with van der Waals surface area (Å²) in [5, 5.41) is 9.79. The Morgan fingerprint density at radius 3 is 1.61 bits per heavy atom. The van der Waals surface area contributed by atoms with Crippen molar-refractivity contribution in [3.63, 3.8) is 0 Å². The third-order valence-corrected chi connectivity index (χ3v) is 12.5. The maximum absolute atomic E-state index is 6.16. The van der Waals surface area contributed by atoms with Crippen molar-refractivity contribution in [2.24, 2.45) is 0 Å². The standard InChI is InChI=1S/C60H39NO/c1-3-18-49-41(13-1)15-12-24-50(49)44-16-11-17-45(37-44)52-20-7-9-25-58(52)61(47-32-27-40(28-33-47)43-31-36-60-57(38-43)55-23-8-10-26-59(55)62-60)48-34-29-42(30-35-48)56-39-46-14-2-4-19-51(46)53-21-5-6-22-54(53)56/h1-39H. The van der Waals surface area contributed by atoms with Crippen LogP contribution in [-0.4, -0.2) is 0 Å². The van der Waals surface area contributed by atoms with E-state index in [9.17, 15) is 0 Å². The first kappa shape index (κ1) is 35.7. The van der Waals surface area contributed by atoms with Crippen LogP contribution in [0.2, 0.25) is 0 Å². The molecule has 12 rings (SSSR count). The highest BCUT2D eigenvalue weighted by atomic mass is 16.3. The topological polar surface area (TPSA) is 16.4 Å². The molecular weight excluding hydrogens is 751 g/mol. The molecule has 0 radical (unpaired) electrons. The molecule has 2 heteroatoms. The summed E-state index contributed by atoms with van der Waals surface area (Å²) in [6, 6.07) is 85.6. The van der Waals surface area contributed by atoms with Crippen LogP contribution in [-0.2, 0) is 0 Å². The van der Waals surface area contributed by atoms with Crippen LogP contribution in [0.4, 0.5) is 17.1 Å². The second-order valence-electron chi connectivity index (χ2n) is 16.1. The number of hydrogen-bond acceptors (Lipinski definition) is 2. The molecule has 0 N–H and O–H groups in total. The van der Waals surface area contributed by atoms with Gasteiger partial charge < -0.3 is 9.32 Å². The number of furan rings is 1. The molecule has 0 bridgehead atoms. The lowest BCUT2D eigenvalue weighted by molar-refractivity contribution is 0.669. The van der Waals surface area contributed by atoms with E-state index in [4.69, 9.17) is 4.42 Å². The summed E-state index contributed by atoms with van der Waals surface area (Å²) < 4.78 is 6.16.